The van der Waals surface area contributed by atoms with Crippen molar-refractivity contribution in [1.29, 1.82) is 0 Å². The Morgan fingerprint density at radius 1 is 1.00 bits per heavy atom. The average Bonchev–Trinajstić information content (AvgIpc) is 3.11. The maximum absolute atomic E-state index is 14.9. The van der Waals surface area contributed by atoms with Gasteiger partial charge in [0.2, 0.25) is 0 Å². The van der Waals surface area contributed by atoms with Gasteiger partial charge in [-0.3, -0.25) is 9.36 Å². The summed E-state index contributed by atoms with van der Waals surface area (Å²) < 4.78 is 36.6. The van der Waals surface area contributed by atoms with Crippen molar-refractivity contribution in [1.82, 2.24) is 4.57 Å². The largest absolute Gasteiger partial charge is 0.490 e. The van der Waals surface area contributed by atoms with Gasteiger partial charge in [0.05, 0.1) is 22.6 Å². The molecule has 2 aromatic carbocycles. The number of benzene rings is 2. The second-order valence-corrected chi connectivity index (χ2v) is 7.46. The Morgan fingerprint density at radius 2 is 1.73 bits per heavy atom. The smallest absolute Gasteiger partial charge is 0.323 e. The van der Waals surface area contributed by atoms with Crippen molar-refractivity contribution in [2.75, 3.05) is 0 Å². The molecule has 4 N–H and O–H groups in total. The molecule has 3 aromatic rings. The Kier molecular flexibility index (Phi) is 5.15. The van der Waals surface area contributed by atoms with Crippen molar-refractivity contribution in [3.05, 3.63) is 53.7 Å². The number of hydrogen-bond acceptors (Lipinski definition) is 3. The second kappa shape index (κ2) is 7.78. The minimum Gasteiger partial charge on any atom is -0.490 e. The highest BCUT2D eigenvalue weighted by Gasteiger charge is 2.23. The van der Waals surface area contributed by atoms with E-state index in [0.29, 0.717) is 16.7 Å². The van der Waals surface area contributed by atoms with Crippen LogP contribution in [0.2, 0.25) is 0 Å². The number of ether oxygens (including phenoxy) is 1. The fraction of sp³-hybridized carbons (Fsp3) is 0.273. The lowest BCUT2D eigenvalue weighted by atomic mass is 9.97. The first-order valence-corrected chi connectivity index (χ1v) is 9.76. The van der Waals surface area contributed by atoms with E-state index in [2.05, 4.69) is 0 Å². The average molecular weight is 413 g/mol. The number of primary amides is 2. The Hall–Kier alpha value is -3.42. The fourth-order valence-electron chi connectivity index (χ4n) is 4.04. The van der Waals surface area contributed by atoms with Gasteiger partial charge >= 0.3 is 6.03 Å². The van der Waals surface area contributed by atoms with Crippen molar-refractivity contribution in [2.45, 2.75) is 38.2 Å². The van der Waals surface area contributed by atoms with E-state index in [4.69, 9.17) is 16.2 Å². The van der Waals surface area contributed by atoms with Gasteiger partial charge < -0.3 is 16.2 Å². The summed E-state index contributed by atoms with van der Waals surface area (Å²) in [6, 6.07) is 5.99. The SMILES string of the molecule is NC(=O)c1cc(F)c(-c2cn(C(N)=O)c3cccc(OC4CCCCC4)c23)cc1F. The summed E-state index contributed by atoms with van der Waals surface area (Å²) in [6.45, 7) is 0. The third-order valence-corrected chi connectivity index (χ3v) is 5.49. The predicted octanol–water partition coefficient (Wildman–Crippen LogP) is 4.32. The number of fused-ring (bicyclic) bond motifs is 1. The molecule has 2 amide bonds. The van der Waals surface area contributed by atoms with Gasteiger partial charge in [-0.1, -0.05) is 12.5 Å². The van der Waals surface area contributed by atoms with E-state index in [0.717, 1.165) is 48.8 Å². The molecule has 0 unspecified atom stereocenters. The number of rotatable bonds is 4. The first-order chi connectivity index (χ1) is 14.4. The highest BCUT2D eigenvalue weighted by Crippen LogP contribution is 2.40. The number of nitrogens with two attached hydrogens (primary N) is 2. The number of hydrogen-bond donors (Lipinski definition) is 2. The van der Waals surface area contributed by atoms with Gasteiger partial charge in [0, 0.05) is 17.3 Å². The summed E-state index contributed by atoms with van der Waals surface area (Å²) in [4.78, 5) is 23.3. The third-order valence-electron chi connectivity index (χ3n) is 5.49. The zero-order valence-electron chi connectivity index (χ0n) is 16.2. The lowest BCUT2D eigenvalue weighted by Crippen LogP contribution is -2.20. The van der Waals surface area contributed by atoms with Crippen LogP contribution in [-0.2, 0) is 0 Å². The summed E-state index contributed by atoms with van der Waals surface area (Å²) in [5.74, 6) is -2.40. The molecule has 0 spiro atoms. The minimum absolute atomic E-state index is 0.00736. The summed E-state index contributed by atoms with van der Waals surface area (Å²) in [5, 5.41) is 0.451. The molecule has 0 bridgehead atoms. The van der Waals surface area contributed by atoms with Crippen LogP contribution < -0.4 is 16.2 Å². The Labute approximate surface area is 171 Å². The predicted molar refractivity (Wildman–Crippen MR) is 108 cm³/mol. The van der Waals surface area contributed by atoms with Crippen LogP contribution in [0.4, 0.5) is 13.6 Å². The Bertz CT molecular complexity index is 1150. The zero-order valence-corrected chi connectivity index (χ0v) is 16.2. The van der Waals surface area contributed by atoms with Gasteiger partial charge in [-0.05, 0) is 49.9 Å². The second-order valence-electron chi connectivity index (χ2n) is 7.46. The molecule has 1 saturated carbocycles. The summed E-state index contributed by atoms with van der Waals surface area (Å²) in [7, 11) is 0. The van der Waals surface area contributed by atoms with Crippen LogP contribution in [0, 0.1) is 11.6 Å². The van der Waals surface area contributed by atoms with E-state index in [1.54, 1.807) is 18.2 Å². The van der Waals surface area contributed by atoms with Crippen LogP contribution in [0.1, 0.15) is 42.5 Å². The molecule has 6 nitrogen and oxygen atoms in total. The summed E-state index contributed by atoms with van der Waals surface area (Å²) in [6.07, 6.45) is 6.44. The van der Waals surface area contributed by atoms with Gasteiger partial charge in [0.1, 0.15) is 17.4 Å². The number of halogens is 2. The van der Waals surface area contributed by atoms with Crippen LogP contribution in [0.25, 0.3) is 22.0 Å². The van der Waals surface area contributed by atoms with Crippen LogP contribution >= 0.6 is 0 Å². The standard InChI is InChI=1S/C22H21F2N3O3/c23-16-10-14(21(25)28)17(24)9-13(16)15-11-27(22(26)29)18-7-4-8-19(20(15)18)30-12-5-2-1-3-6-12/h4,7-12H,1-3,5-6H2,(H2,25,28)(H2,26,29). The van der Waals surface area contributed by atoms with Crippen molar-refractivity contribution >= 4 is 22.8 Å². The molecule has 8 heteroatoms. The molecule has 1 aromatic heterocycles. The monoisotopic (exact) mass is 413 g/mol. The van der Waals surface area contributed by atoms with Crippen molar-refractivity contribution < 1.29 is 23.1 Å². The molecule has 30 heavy (non-hydrogen) atoms. The first kappa shape index (κ1) is 19.9. The Balaban J connectivity index is 1.92. The number of aromatic nitrogens is 1. The summed E-state index contributed by atoms with van der Waals surface area (Å²) in [5.41, 5.74) is 10.6. The maximum Gasteiger partial charge on any atom is 0.323 e. The van der Waals surface area contributed by atoms with E-state index < -0.39 is 29.1 Å². The molecule has 156 valence electrons. The molecule has 0 atom stereocenters. The third kappa shape index (κ3) is 3.49. The molecular formula is C22H21F2N3O3. The van der Waals surface area contributed by atoms with E-state index in [1.165, 1.54) is 6.20 Å². The topological polar surface area (TPSA) is 100 Å². The lowest BCUT2D eigenvalue weighted by molar-refractivity contribution is 0.0996. The van der Waals surface area contributed by atoms with Crippen LogP contribution in [-0.4, -0.2) is 22.6 Å². The van der Waals surface area contributed by atoms with Crippen molar-refractivity contribution in [2.24, 2.45) is 11.5 Å². The fourth-order valence-corrected chi connectivity index (χ4v) is 4.04. The molecular weight excluding hydrogens is 392 g/mol. The molecule has 1 heterocycles. The van der Waals surface area contributed by atoms with E-state index in [9.17, 15) is 18.4 Å². The molecule has 1 aliphatic carbocycles. The van der Waals surface area contributed by atoms with Gasteiger partial charge in [0.25, 0.3) is 5.91 Å². The highest BCUT2D eigenvalue weighted by atomic mass is 19.1. The molecule has 1 fully saturated rings. The van der Waals surface area contributed by atoms with Crippen molar-refractivity contribution in [3.8, 4) is 16.9 Å². The van der Waals surface area contributed by atoms with E-state index >= 15 is 0 Å². The molecule has 4 rings (SSSR count). The van der Waals surface area contributed by atoms with Crippen LogP contribution in [0.15, 0.2) is 36.5 Å². The zero-order chi connectivity index (χ0) is 21.4. The number of amides is 2. The van der Waals surface area contributed by atoms with E-state index in [1.807, 2.05) is 0 Å². The van der Waals surface area contributed by atoms with Crippen LogP contribution in [0.5, 0.6) is 5.75 Å². The molecule has 0 saturated heterocycles. The Morgan fingerprint density at radius 3 is 2.40 bits per heavy atom. The maximum atomic E-state index is 14.9. The summed E-state index contributed by atoms with van der Waals surface area (Å²) >= 11 is 0. The van der Waals surface area contributed by atoms with Crippen LogP contribution in [0.3, 0.4) is 0 Å². The molecule has 0 radical (unpaired) electrons. The molecule has 1 aliphatic rings. The highest BCUT2D eigenvalue weighted by molar-refractivity contribution is 6.05. The number of nitrogens with zero attached hydrogens (tertiary/aromatic N) is 1. The lowest BCUT2D eigenvalue weighted by Gasteiger charge is -2.23. The van der Waals surface area contributed by atoms with Gasteiger partial charge in [-0.15, -0.1) is 0 Å². The molecule has 0 aliphatic heterocycles. The van der Waals surface area contributed by atoms with Crippen molar-refractivity contribution in [3.63, 3.8) is 0 Å². The number of carbonyl (C=O) groups excluding carboxylic acids is 2. The quantitative estimate of drug-likeness (QED) is 0.666. The van der Waals surface area contributed by atoms with Gasteiger partial charge in [-0.25, -0.2) is 13.6 Å². The first-order valence-electron chi connectivity index (χ1n) is 9.76. The number of carbonyl (C=O) groups is 2. The van der Waals surface area contributed by atoms with Gasteiger partial charge in [0.15, 0.2) is 0 Å². The minimum atomic E-state index is -1.07. The van der Waals surface area contributed by atoms with Gasteiger partial charge in [-0.2, -0.15) is 0 Å². The van der Waals surface area contributed by atoms with E-state index in [-0.39, 0.29) is 17.2 Å². The normalized spacial score (nSPS) is 14.7.